The molecule has 4 N–H and O–H groups in total. The number of hydrogen-bond acceptors (Lipinski definition) is 8. The third-order valence-electron chi connectivity index (χ3n) is 8.49. The van der Waals surface area contributed by atoms with E-state index in [-0.39, 0.29) is 35.1 Å². The van der Waals surface area contributed by atoms with Crippen LogP contribution in [0.15, 0.2) is 66.2 Å². The summed E-state index contributed by atoms with van der Waals surface area (Å²) in [7, 11) is 1.66. The number of fused-ring (bicyclic) bond motifs is 3. The Hall–Kier alpha value is -5.23. The lowest BCUT2D eigenvalue weighted by Crippen LogP contribution is -2.41. The van der Waals surface area contributed by atoms with Gasteiger partial charge in [-0.05, 0) is 65.8 Å². The first kappa shape index (κ1) is 30.8. The molecule has 1 aliphatic heterocycles. The van der Waals surface area contributed by atoms with Crippen LogP contribution in [0, 0.1) is 5.41 Å². The molecule has 4 aromatic heterocycles. The molecule has 238 valence electrons. The monoisotopic (exact) mass is 622 g/mol. The highest BCUT2D eigenvalue weighted by Crippen LogP contribution is 2.40. The fraction of sp³-hybridized carbons (Fsp3) is 0.324. The molecule has 12 heteroatoms. The van der Waals surface area contributed by atoms with Gasteiger partial charge in [-0.2, -0.15) is 0 Å². The van der Waals surface area contributed by atoms with Gasteiger partial charge in [-0.1, -0.05) is 26.5 Å². The van der Waals surface area contributed by atoms with E-state index in [0.29, 0.717) is 66.0 Å². The zero-order chi connectivity index (χ0) is 32.6. The molecule has 0 saturated carbocycles. The number of nitrogens with one attached hydrogen (secondary N) is 3. The summed E-state index contributed by atoms with van der Waals surface area (Å²) in [5.41, 5.74) is 5.18. The number of rotatable bonds is 10. The topological polar surface area (TPSA) is 146 Å². The molecule has 0 saturated heterocycles. The highest BCUT2D eigenvalue weighted by atomic mass is 16.3. The number of aliphatic hydroxyl groups excluding tert-OH is 1. The van der Waals surface area contributed by atoms with Gasteiger partial charge >= 0.3 is 0 Å². The first-order chi connectivity index (χ1) is 22.1. The van der Waals surface area contributed by atoms with E-state index in [0.717, 1.165) is 12.8 Å². The molecule has 1 aliphatic carbocycles. The zero-order valence-electron chi connectivity index (χ0n) is 26.3. The van der Waals surface area contributed by atoms with E-state index in [9.17, 15) is 19.5 Å². The van der Waals surface area contributed by atoms with Crippen LogP contribution >= 0.6 is 0 Å². The summed E-state index contributed by atoms with van der Waals surface area (Å²) in [5, 5.41) is 19.6. The second-order valence-electron chi connectivity index (χ2n) is 12.5. The Morgan fingerprint density at radius 2 is 1.91 bits per heavy atom. The van der Waals surface area contributed by atoms with Crippen LogP contribution in [0.2, 0.25) is 0 Å². The lowest BCUT2D eigenvalue weighted by molar-refractivity contribution is -0.116. The van der Waals surface area contributed by atoms with Gasteiger partial charge in [-0.15, -0.1) is 0 Å². The first-order valence-electron chi connectivity index (χ1n) is 15.3. The zero-order valence-corrected chi connectivity index (χ0v) is 26.3. The molecule has 0 unspecified atom stereocenters. The van der Waals surface area contributed by atoms with Crippen molar-refractivity contribution in [3.63, 3.8) is 0 Å². The Morgan fingerprint density at radius 1 is 1.11 bits per heavy atom. The van der Waals surface area contributed by atoms with Crippen LogP contribution in [0.5, 0.6) is 0 Å². The van der Waals surface area contributed by atoms with Crippen LogP contribution in [-0.4, -0.2) is 55.7 Å². The SMILES string of the molecule is C=CC(=O)NCCNc1cccc(Nc2cc(-c3ccnc(N4CCn5c(cc6c5CC(C)(C)C6)C4=O)c3CO)cn(C)c2=O)n1. The lowest BCUT2D eigenvalue weighted by Gasteiger charge is -2.31. The van der Waals surface area contributed by atoms with Crippen LogP contribution in [0.25, 0.3) is 11.1 Å². The summed E-state index contributed by atoms with van der Waals surface area (Å²) in [5.74, 6) is 1.04. The molecular weight excluding hydrogens is 584 g/mol. The Kier molecular flexibility index (Phi) is 8.22. The van der Waals surface area contributed by atoms with E-state index < -0.39 is 0 Å². The second-order valence-corrected chi connectivity index (χ2v) is 12.5. The van der Waals surface area contributed by atoms with Gasteiger partial charge in [0.15, 0.2) is 0 Å². The average molecular weight is 623 g/mol. The molecule has 0 fully saturated rings. The Morgan fingerprint density at radius 3 is 2.70 bits per heavy atom. The molecule has 12 nitrogen and oxygen atoms in total. The third kappa shape index (κ3) is 5.91. The number of amides is 2. The molecule has 0 bridgehead atoms. The van der Waals surface area contributed by atoms with Gasteiger partial charge < -0.3 is 30.2 Å². The molecule has 0 radical (unpaired) electrons. The number of hydrogen-bond donors (Lipinski definition) is 4. The minimum Gasteiger partial charge on any atom is -0.392 e. The van der Waals surface area contributed by atoms with Crippen molar-refractivity contribution < 1.29 is 14.7 Å². The van der Waals surface area contributed by atoms with Gasteiger partial charge in [-0.3, -0.25) is 19.3 Å². The van der Waals surface area contributed by atoms with Gasteiger partial charge in [0.25, 0.3) is 11.5 Å². The average Bonchev–Trinajstić information content (AvgIpc) is 3.53. The molecule has 2 amide bonds. The van der Waals surface area contributed by atoms with Crippen molar-refractivity contribution in [1.29, 1.82) is 0 Å². The standard InChI is InChI=1S/C34H38N8O4/c1-5-30(44)36-12-11-35-28-7-6-8-29(39-28)38-25-15-22(19-40(4)32(25)45)23-9-10-37-31(24(23)20-43)42-14-13-41-26(33(42)46)16-21-17-34(2,3)18-27(21)41/h5-10,15-16,19,43H,1,11-14,17-18,20H2,2-4H3,(H,36,44)(H2,35,38,39). The van der Waals surface area contributed by atoms with Crippen molar-refractivity contribution in [3.8, 4) is 11.1 Å². The molecule has 0 atom stereocenters. The largest absolute Gasteiger partial charge is 0.392 e. The first-order valence-corrected chi connectivity index (χ1v) is 15.3. The van der Waals surface area contributed by atoms with Crippen molar-refractivity contribution in [3.05, 3.63) is 94.3 Å². The summed E-state index contributed by atoms with van der Waals surface area (Å²) in [6.45, 7) is 9.53. The molecule has 0 aromatic carbocycles. The number of carbonyl (C=O) groups is 2. The highest BCUT2D eigenvalue weighted by Gasteiger charge is 2.37. The molecule has 2 aliphatic rings. The molecule has 6 rings (SSSR count). The van der Waals surface area contributed by atoms with E-state index in [1.807, 2.05) is 6.07 Å². The fourth-order valence-corrected chi connectivity index (χ4v) is 6.39. The maximum absolute atomic E-state index is 13.8. The number of aromatic nitrogens is 4. The minimum absolute atomic E-state index is 0.136. The van der Waals surface area contributed by atoms with Gasteiger partial charge in [0.05, 0.1) is 6.61 Å². The van der Waals surface area contributed by atoms with Gasteiger partial charge in [0, 0.05) is 62.4 Å². The van der Waals surface area contributed by atoms with E-state index in [1.165, 1.54) is 21.9 Å². The summed E-state index contributed by atoms with van der Waals surface area (Å²) in [4.78, 5) is 49.1. The second kappa shape index (κ2) is 12.3. The van der Waals surface area contributed by atoms with Crippen LogP contribution in [0.1, 0.15) is 41.2 Å². The Labute approximate surface area is 266 Å². The number of carbonyl (C=O) groups excluding carboxylic acids is 2. The Balaban J connectivity index is 1.26. The predicted molar refractivity (Wildman–Crippen MR) is 177 cm³/mol. The van der Waals surface area contributed by atoms with Crippen molar-refractivity contribution in [2.75, 3.05) is 35.2 Å². The normalized spacial score (nSPS) is 14.9. The van der Waals surface area contributed by atoms with Gasteiger partial charge in [0.1, 0.15) is 28.8 Å². The van der Waals surface area contributed by atoms with Gasteiger partial charge in [-0.25, -0.2) is 9.97 Å². The molecule has 0 spiro atoms. The Bertz CT molecular complexity index is 1910. The van der Waals surface area contributed by atoms with Crippen molar-refractivity contribution in [2.24, 2.45) is 12.5 Å². The maximum Gasteiger partial charge on any atom is 0.276 e. The van der Waals surface area contributed by atoms with Crippen molar-refractivity contribution >= 4 is 35.0 Å². The number of pyridine rings is 3. The van der Waals surface area contributed by atoms with E-state index in [2.05, 4.69) is 50.9 Å². The summed E-state index contributed by atoms with van der Waals surface area (Å²) < 4.78 is 3.61. The van der Waals surface area contributed by atoms with Gasteiger partial charge in [0.2, 0.25) is 5.91 Å². The number of anilines is 4. The summed E-state index contributed by atoms with van der Waals surface area (Å²) >= 11 is 0. The number of nitrogens with zero attached hydrogens (tertiary/aromatic N) is 5. The minimum atomic E-state index is -0.345. The predicted octanol–water partition coefficient (Wildman–Crippen LogP) is 3.38. The molecule has 4 aromatic rings. The lowest BCUT2D eigenvalue weighted by atomic mass is 9.90. The fourth-order valence-electron chi connectivity index (χ4n) is 6.39. The van der Waals surface area contributed by atoms with Crippen molar-refractivity contribution in [2.45, 2.75) is 39.8 Å². The van der Waals surface area contributed by atoms with Crippen LogP contribution < -0.4 is 26.4 Å². The number of aliphatic hydroxyl groups is 1. The van der Waals surface area contributed by atoms with Crippen LogP contribution in [-0.2, 0) is 37.8 Å². The van der Waals surface area contributed by atoms with Crippen LogP contribution in [0.3, 0.4) is 0 Å². The number of aryl methyl sites for hydroxylation is 1. The summed E-state index contributed by atoms with van der Waals surface area (Å²) in [6.07, 6.45) is 6.43. The summed E-state index contributed by atoms with van der Waals surface area (Å²) in [6, 6.07) is 10.8. The van der Waals surface area contributed by atoms with Crippen molar-refractivity contribution in [1.82, 2.24) is 24.4 Å². The van der Waals surface area contributed by atoms with E-state index >= 15 is 0 Å². The van der Waals surface area contributed by atoms with E-state index in [4.69, 9.17) is 0 Å². The molecule has 5 heterocycles. The van der Waals surface area contributed by atoms with E-state index in [1.54, 1.807) is 54.7 Å². The third-order valence-corrected chi connectivity index (χ3v) is 8.49. The maximum atomic E-state index is 13.8. The highest BCUT2D eigenvalue weighted by molar-refractivity contribution is 6.06. The van der Waals surface area contributed by atoms with Crippen LogP contribution in [0.4, 0.5) is 23.1 Å². The molecular formula is C34H38N8O4. The molecule has 46 heavy (non-hydrogen) atoms. The quantitative estimate of drug-likeness (QED) is 0.156. The smallest absolute Gasteiger partial charge is 0.276 e.